The molecule has 0 spiro atoms. The second-order valence-electron chi connectivity index (χ2n) is 7.09. The summed E-state index contributed by atoms with van der Waals surface area (Å²) in [7, 11) is 0. The van der Waals surface area contributed by atoms with Crippen LogP contribution in [0.5, 0.6) is 5.75 Å². The highest BCUT2D eigenvalue weighted by Gasteiger charge is 2.14. The van der Waals surface area contributed by atoms with Gasteiger partial charge in [0, 0.05) is 17.6 Å². The van der Waals surface area contributed by atoms with Gasteiger partial charge < -0.3 is 15.2 Å². The SMILES string of the molecule is CCc1ccc(-c2ccc(=S)[nH]n2)c(OCC(O)CNC(C)(C)C)c1. The summed E-state index contributed by atoms with van der Waals surface area (Å²) in [6, 6.07) is 9.72. The number of benzene rings is 1. The predicted molar refractivity (Wildman–Crippen MR) is 103 cm³/mol. The zero-order chi connectivity index (χ0) is 18.4. The lowest BCUT2D eigenvalue weighted by Crippen LogP contribution is -2.42. The molecule has 6 heteroatoms. The average Bonchev–Trinajstić information content (AvgIpc) is 2.58. The summed E-state index contributed by atoms with van der Waals surface area (Å²) in [6.45, 7) is 8.98. The lowest BCUT2D eigenvalue weighted by molar-refractivity contribution is 0.100. The molecule has 25 heavy (non-hydrogen) atoms. The van der Waals surface area contributed by atoms with Gasteiger partial charge in [-0.15, -0.1) is 0 Å². The van der Waals surface area contributed by atoms with Gasteiger partial charge in [0.1, 0.15) is 23.1 Å². The van der Waals surface area contributed by atoms with E-state index in [0.717, 1.165) is 17.7 Å². The average molecular weight is 362 g/mol. The molecular weight excluding hydrogens is 334 g/mol. The zero-order valence-electron chi connectivity index (χ0n) is 15.3. The number of nitrogens with zero attached hydrogens (tertiary/aromatic N) is 1. The number of aliphatic hydroxyl groups excluding tert-OH is 1. The Morgan fingerprint density at radius 1 is 1.28 bits per heavy atom. The maximum Gasteiger partial charge on any atom is 0.129 e. The van der Waals surface area contributed by atoms with E-state index in [1.807, 2.05) is 18.2 Å². The van der Waals surface area contributed by atoms with E-state index in [2.05, 4.69) is 49.3 Å². The van der Waals surface area contributed by atoms with Crippen molar-refractivity contribution in [3.05, 3.63) is 40.5 Å². The number of aromatic amines is 1. The summed E-state index contributed by atoms with van der Waals surface area (Å²) < 4.78 is 6.50. The van der Waals surface area contributed by atoms with E-state index in [1.54, 1.807) is 6.07 Å². The van der Waals surface area contributed by atoms with Crippen molar-refractivity contribution >= 4 is 12.2 Å². The Labute approximate surface area is 154 Å². The number of aromatic nitrogens is 2. The first kappa shape index (κ1) is 19.6. The minimum Gasteiger partial charge on any atom is -0.490 e. The minimum atomic E-state index is -0.591. The van der Waals surface area contributed by atoms with Crippen LogP contribution < -0.4 is 10.1 Å². The minimum absolute atomic E-state index is 0.0417. The summed E-state index contributed by atoms with van der Waals surface area (Å²) >= 11 is 5.05. The molecule has 1 heterocycles. The monoisotopic (exact) mass is 361 g/mol. The standard InChI is InChI=1S/C19H27N3O2S/c1-5-13-6-7-15(16-8-9-18(25)22-21-16)17(10-13)24-12-14(23)11-20-19(2,3)4/h6-10,14,20,23H,5,11-12H2,1-4H3,(H,22,25). The van der Waals surface area contributed by atoms with Crippen LogP contribution in [0.3, 0.4) is 0 Å². The number of nitrogens with one attached hydrogen (secondary N) is 2. The number of rotatable bonds is 7. The molecule has 0 fully saturated rings. The van der Waals surface area contributed by atoms with Gasteiger partial charge in [0.2, 0.25) is 0 Å². The summed E-state index contributed by atoms with van der Waals surface area (Å²) in [5.74, 6) is 0.715. The van der Waals surface area contributed by atoms with Crippen LogP contribution in [0.2, 0.25) is 0 Å². The molecule has 1 aromatic heterocycles. The van der Waals surface area contributed by atoms with Crippen molar-refractivity contribution in [2.24, 2.45) is 0 Å². The van der Waals surface area contributed by atoms with Crippen molar-refractivity contribution in [1.29, 1.82) is 0 Å². The quantitative estimate of drug-likeness (QED) is 0.659. The molecule has 1 aromatic carbocycles. The highest BCUT2D eigenvalue weighted by Crippen LogP contribution is 2.29. The molecule has 136 valence electrons. The van der Waals surface area contributed by atoms with Crippen LogP contribution >= 0.6 is 12.2 Å². The van der Waals surface area contributed by atoms with E-state index >= 15 is 0 Å². The number of H-pyrrole nitrogens is 1. The molecule has 0 saturated carbocycles. The number of ether oxygens (including phenoxy) is 1. The Morgan fingerprint density at radius 3 is 2.64 bits per heavy atom. The second kappa shape index (κ2) is 8.56. The first-order valence-electron chi connectivity index (χ1n) is 8.53. The van der Waals surface area contributed by atoms with Gasteiger partial charge in [0.25, 0.3) is 0 Å². The molecule has 0 saturated heterocycles. The van der Waals surface area contributed by atoms with Crippen molar-refractivity contribution < 1.29 is 9.84 Å². The largest absolute Gasteiger partial charge is 0.490 e. The van der Waals surface area contributed by atoms with Crippen molar-refractivity contribution in [3.8, 4) is 17.0 Å². The normalized spacial score (nSPS) is 12.8. The third-order valence-corrected chi connectivity index (χ3v) is 3.94. The van der Waals surface area contributed by atoms with E-state index in [9.17, 15) is 5.11 Å². The van der Waals surface area contributed by atoms with Crippen LogP contribution in [0, 0.1) is 4.64 Å². The molecule has 0 aliphatic carbocycles. The van der Waals surface area contributed by atoms with Gasteiger partial charge >= 0.3 is 0 Å². The lowest BCUT2D eigenvalue weighted by atomic mass is 10.1. The zero-order valence-corrected chi connectivity index (χ0v) is 16.1. The smallest absolute Gasteiger partial charge is 0.129 e. The number of aryl methyl sites for hydroxylation is 1. The fourth-order valence-corrected chi connectivity index (χ4v) is 2.39. The fourth-order valence-electron chi connectivity index (χ4n) is 2.28. The topological polar surface area (TPSA) is 70.2 Å². The number of β-amino-alcohol motifs (C(OH)–C–C–N with tert-alkyl or cyclic N) is 1. The summed E-state index contributed by atoms with van der Waals surface area (Å²) in [5.41, 5.74) is 2.76. The number of aliphatic hydroxyl groups is 1. The van der Waals surface area contributed by atoms with E-state index in [4.69, 9.17) is 17.0 Å². The Morgan fingerprint density at radius 2 is 2.04 bits per heavy atom. The molecule has 0 amide bonds. The van der Waals surface area contributed by atoms with Crippen molar-refractivity contribution in [2.75, 3.05) is 13.2 Å². The van der Waals surface area contributed by atoms with Gasteiger partial charge in [-0.05, 0) is 57.0 Å². The predicted octanol–water partition coefficient (Wildman–Crippen LogP) is 3.50. The van der Waals surface area contributed by atoms with E-state index in [0.29, 0.717) is 16.9 Å². The van der Waals surface area contributed by atoms with Crippen molar-refractivity contribution in [1.82, 2.24) is 15.5 Å². The summed E-state index contributed by atoms with van der Waals surface area (Å²) in [5, 5.41) is 20.5. The molecule has 0 aliphatic rings. The van der Waals surface area contributed by atoms with E-state index in [1.165, 1.54) is 5.56 Å². The molecular formula is C19H27N3O2S. The molecule has 5 nitrogen and oxygen atoms in total. The first-order valence-corrected chi connectivity index (χ1v) is 8.94. The highest BCUT2D eigenvalue weighted by molar-refractivity contribution is 7.71. The summed E-state index contributed by atoms with van der Waals surface area (Å²) in [6.07, 6.45) is 0.321. The van der Waals surface area contributed by atoms with Gasteiger partial charge in [-0.3, -0.25) is 5.10 Å². The van der Waals surface area contributed by atoms with Crippen molar-refractivity contribution in [2.45, 2.75) is 45.8 Å². The third-order valence-electron chi connectivity index (χ3n) is 3.71. The Kier molecular flexibility index (Phi) is 6.70. The molecule has 3 N–H and O–H groups in total. The maximum absolute atomic E-state index is 10.2. The van der Waals surface area contributed by atoms with Crippen LogP contribution in [0.25, 0.3) is 11.3 Å². The second-order valence-corrected chi connectivity index (χ2v) is 7.53. The molecule has 1 unspecified atom stereocenters. The van der Waals surface area contributed by atoms with Gasteiger partial charge in [0.05, 0.1) is 5.69 Å². The Bertz CT molecular complexity index is 733. The van der Waals surface area contributed by atoms with Crippen molar-refractivity contribution in [3.63, 3.8) is 0 Å². The highest BCUT2D eigenvalue weighted by atomic mass is 32.1. The molecule has 0 aliphatic heterocycles. The molecule has 0 radical (unpaired) electrons. The maximum atomic E-state index is 10.2. The van der Waals surface area contributed by atoms with Crippen LogP contribution in [0.15, 0.2) is 30.3 Å². The van der Waals surface area contributed by atoms with E-state index in [-0.39, 0.29) is 12.1 Å². The van der Waals surface area contributed by atoms with Gasteiger partial charge in [-0.2, -0.15) is 5.10 Å². The number of hydrogen-bond donors (Lipinski definition) is 3. The lowest BCUT2D eigenvalue weighted by Gasteiger charge is -2.23. The third kappa shape index (κ3) is 6.23. The Balaban J connectivity index is 2.15. The van der Waals surface area contributed by atoms with E-state index < -0.39 is 6.10 Å². The van der Waals surface area contributed by atoms with Crippen LogP contribution in [0.4, 0.5) is 0 Å². The fraction of sp³-hybridized carbons (Fsp3) is 0.474. The van der Waals surface area contributed by atoms with Crippen LogP contribution in [-0.4, -0.2) is 40.1 Å². The van der Waals surface area contributed by atoms with Gasteiger partial charge in [0.15, 0.2) is 0 Å². The molecule has 1 atom stereocenters. The van der Waals surface area contributed by atoms with Gasteiger partial charge in [-0.1, -0.05) is 25.2 Å². The molecule has 2 rings (SSSR count). The Hall–Kier alpha value is -1.76. The van der Waals surface area contributed by atoms with Crippen LogP contribution in [0.1, 0.15) is 33.3 Å². The van der Waals surface area contributed by atoms with Gasteiger partial charge in [-0.25, -0.2) is 0 Å². The number of hydrogen-bond acceptors (Lipinski definition) is 5. The molecule has 0 bridgehead atoms. The van der Waals surface area contributed by atoms with Crippen LogP contribution in [-0.2, 0) is 6.42 Å². The molecule has 2 aromatic rings. The summed E-state index contributed by atoms with van der Waals surface area (Å²) in [4.78, 5) is 0. The first-order chi connectivity index (χ1) is 11.8.